The lowest BCUT2D eigenvalue weighted by molar-refractivity contribution is -0.122. The predicted octanol–water partition coefficient (Wildman–Crippen LogP) is 6.78. The van der Waals surface area contributed by atoms with Crippen molar-refractivity contribution in [1.29, 1.82) is 0 Å². The van der Waals surface area contributed by atoms with E-state index in [1.165, 1.54) is 17.2 Å². The van der Waals surface area contributed by atoms with Crippen molar-refractivity contribution in [1.82, 2.24) is 5.32 Å². The summed E-state index contributed by atoms with van der Waals surface area (Å²) in [5, 5.41) is 2.89. The number of hydrogen-bond donors (Lipinski definition) is 1. The van der Waals surface area contributed by atoms with Gasteiger partial charge >= 0.3 is 6.03 Å². The molecule has 0 aromatic heterocycles. The van der Waals surface area contributed by atoms with E-state index in [0.717, 1.165) is 16.0 Å². The summed E-state index contributed by atoms with van der Waals surface area (Å²) in [6.45, 7) is 4.88. The molecule has 0 saturated carbocycles. The summed E-state index contributed by atoms with van der Waals surface area (Å²) < 4.78 is 11.7. The van der Waals surface area contributed by atoms with Crippen molar-refractivity contribution >= 4 is 41.2 Å². The molecule has 1 N–H and O–H groups in total. The lowest BCUT2D eigenvalue weighted by atomic mass is 10.1. The lowest BCUT2D eigenvalue weighted by Crippen LogP contribution is -2.54. The lowest BCUT2D eigenvalue weighted by Gasteiger charge is -2.26. The summed E-state index contributed by atoms with van der Waals surface area (Å²) in [5.41, 5.74) is 5.20. The van der Waals surface area contributed by atoms with E-state index >= 15 is 0 Å². The summed E-state index contributed by atoms with van der Waals surface area (Å²) in [6.07, 6.45) is 1.45. The monoisotopic (exact) mass is 566 g/mol. The molecule has 1 saturated heterocycles. The molecule has 1 aliphatic rings. The number of urea groups is 1. The van der Waals surface area contributed by atoms with Crippen molar-refractivity contribution in [3.05, 3.63) is 129 Å². The Labute approximate surface area is 243 Å². The van der Waals surface area contributed by atoms with Crippen molar-refractivity contribution < 1.29 is 23.9 Å². The molecule has 0 spiro atoms. The van der Waals surface area contributed by atoms with Crippen LogP contribution in [0.1, 0.15) is 27.8 Å². The summed E-state index contributed by atoms with van der Waals surface area (Å²) in [5.74, 6) is -0.266. The Morgan fingerprint density at radius 1 is 0.732 bits per heavy atom. The van der Waals surface area contributed by atoms with Crippen LogP contribution in [0.2, 0.25) is 5.02 Å². The molecule has 0 bridgehead atoms. The molecule has 0 unspecified atom stereocenters. The summed E-state index contributed by atoms with van der Waals surface area (Å²) in [6, 6.07) is 26.2. The van der Waals surface area contributed by atoms with Gasteiger partial charge < -0.3 is 9.47 Å². The second kappa shape index (κ2) is 12.1. The second-order valence-electron chi connectivity index (χ2n) is 9.64. The van der Waals surface area contributed by atoms with Gasteiger partial charge in [0.2, 0.25) is 0 Å². The zero-order valence-electron chi connectivity index (χ0n) is 22.5. The highest BCUT2D eigenvalue weighted by Gasteiger charge is 2.36. The Morgan fingerprint density at radius 2 is 1.32 bits per heavy atom. The first-order chi connectivity index (χ1) is 19.8. The van der Waals surface area contributed by atoms with Gasteiger partial charge in [-0.15, -0.1) is 0 Å². The number of rotatable bonds is 8. The molecule has 0 aliphatic carbocycles. The molecule has 0 atom stereocenters. The van der Waals surface area contributed by atoms with E-state index in [4.69, 9.17) is 21.1 Å². The Morgan fingerprint density at radius 3 is 1.95 bits per heavy atom. The third kappa shape index (κ3) is 6.65. The van der Waals surface area contributed by atoms with Gasteiger partial charge in [0.05, 0.1) is 5.69 Å². The molecule has 1 aliphatic heterocycles. The molecule has 1 heterocycles. The number of barbiturate groups is 1. The molecule has 0 radical (unpaired) electrons. The number of nitrogens with zero attached hydrogens (tertiary/aromatic N) is 1. The minimum Gasteiger partial charge on any atom is -0.489 e. The number of amides is 4. The van der Waals surface area contributed by atoms with E-state index < -0.39 is 17.8 Å². The molecule has 4 aromatic carbocycles. The third-order valence-electron chi connectivity index (χ3n) is 6.68. The van der Waals surface area contributed by atoms with Gasteiger partial charge in [-0.1, -0.05) is 54.1 Å². The van der Waals surface area contributed by atoms with E-state index in [2.05, 4.69) is 31.3 Å². The molecule has 7 nitrogen and oxygen atoms in total. The first-order valence-corrected chi connectivity index (χ1v) is 13.3. The van der Waals surface area contributed by atoms with E-state index in [-0.39, 0.29) is 5.57 Å². The molecular weight excluding hydrogens is 540 g/mol. The van der Waals surface area contributed by atoms with Crippen LogP contribution in [0.3, 0.4) is 0 Å². The number of carbonyl (C=O) groups excluding carboxylic acids is 3. The summed E-state index contributed by atoms with van der Waals surface area (Å²) in [4.78, 5) is 39.4. The van der Waals surface area contributed by atoms with Crippen LogP contribution < -0.4 is 19.7 Å². The Kier molecular flexibility index (Phi) is 8.17. The molecule has 206 valence electrons. The van der Waals surface area contributed by atoms with Gasteiger partial charge in [0.1, 0.15) is 30.3 Å². The number of anilines is 1. The fourth-order valence-electron chi connectivity index (χ4n) is 4.22. The van der Waals surface area contributed by atoms with Crippen molar-refractivity contribution in [2.24, 2.45) is 0 Å². The van der Waals surface area contributed by atoms with Gasteiger partial charge in [0.25, 0.3) is 11.8 Å². The molecule has 41 heavy (non-hydrogen) atoms. The number of halogens is 1. The number of ether oxygens (including phenoxy) is 2. The fourth-order valence-corrected chi connectivity index (χ4v) is 4.34. The highest BCUT2D eigenvalue weighted by Crippen LogP contribution is 2.25. The van der Waals surface area contributed by atoms with Crippen LogP contribution >= 0.6 is 11.6 Å². The second-order valence-corrected chi connectivity index (χ2v) is 10.1. The fraction of sp³-hybridized carbons (Fsp3) is 0.121. The van der Waals surface area contributed by atoms with Crippen LogP contribution in [-0.4, -0.2) is 17.8 Å². The van der Waals surface area contributed by atoms with Crippen LogP contribution in [0.5, 0.6) is 11.5 Å². The van der Waals surface area contributed by atoms with Gasteiger partial charge in [-0.05, 0) is 96.3 Å². The van der Waals surface area contributed by atoms with Crippen LogP contribution in [0.25, 0.3) is 6.08 Å². The molecule has 4 aromatic rings. The highest BCUT2D eigenvalue weighted by molar-refractivity contribution is 6.39. The average Bonchev–Trinajstić information content (AvgIpc) is 2.97. The minimum atomic E-state index is -0.818. The Bertz CT molecular complexity index is 1630. The normalized spacial score (nSPS) is 14.3. The number of nitrogens with one attached hydrogen (secondary N) is 1. The third-order valence-corrected chi connectivity index (χ3v) is 6.94. The molecular formula is C33H27ClN2O5. The zero-order valence-corrected chi connectivity index (χ0v) is 23.3. The quantitative estimate of drug-likeness (QED) is 0.188. The van der Waals surface area contributed by atoms with Crippen molar-refractivity contribution in [3.63, 3.8) is 0 Å². The maximum atomic E-state index is 13.3. The number of carbonyl (C=O) groups is 3. The zero-order chi connectivity index (χ0) is 28.9. The number of imide groups is 2. The van der Waals surface area contributed by atoms with Gasteiger partial charge in [-0.2, -0.15) is 0 Å². The van der Waals surface area contributed by atoms with Crippen LogP contribution in [0.4, 0.5) is 10.5 Å². The van der Waals surface area contributed by atoms with E-state index in [1.54, 1.807) is 60.7 Å². The van der Waals surface area contributed by atoms with Gasteiger partial charge in [-0.25, -0.2) is 9.69 Å². The first-order valence-electron chi connectivity index (χ1n) is 12.9. The van der Waals surface area contributed by atoms with Crippen LogP contribution in [0, 0.1) is 13.8 Å². The predicted molar refractivity (Wildman–Crippen MR) is 158 cm³/mol. The topological polar surface area (TPSA) is 84.9 Å². The highest BCUT2D eigenvalue weighted by atomic mass is 35.5. The van der Waals surface area contributed by atoms with E-state index in [9.17, 15) is 14.4 Å². The smallest absolute Gasteiger partial charge is 0.335 e. The number of hydrogen-bond acceptors (Lipinski definition) is 5. The maximum Gasteiger partial charge on any atom is 0.335 e. The van der Waals surface area contributed by atoms with E-state index in [0.29, 0.717) is 41.0 Å². The summed E-state index contributed by atoms with van der Waals surface area (Å²) >= 11 is 5.92. The first kappa shape index (κ1) is 27.7. The van der Waals surface area contributed by atoms with Crippen LogP contribution in [0.15, 0.2) is 96.6 Å². The standard InChI is InChI=1S/C33H27ClN2O5/c1-21-3-4-25(17-22(21)2)20-41-28-13-7-23(8-14-28)18-30-31(37)35-33(39)36(32(30)38)27-11-15-29(16-12-27)40-19-24-5-9-26(34)10-6-24/h3-18H,19-20H2,1-2H3,(H,35,37,39)/b30-18+. The summed E-state index contributed by atoms with van der Waals surface area (Å²) in [7, 11) is 0. The largest absolute Gasteiger partial charge is 0.489 e. The SMILES string of the molecule is Cc1ccc(COc2ccc(/C=C3\C(=O)NC(=O)N(c4ccc(OCc5ccc(Cl)cc5)cc4)C3=O)cc2)cc1C. The molecule has 1 fully saturated rings. The van der Waals surface area contributed by atoms with Gasteiger partial charge in [0.15, 0.2) is 0 Å². The van der Waals surface area contributed by atoms with Crippen molar-refractivity contribution in [2.45, 2.75) is 27.1 Å². The molecule has 4 amide bonds. The van der Waals surface area contributed by atoms with Gasteiger partial charge in [-0.3, -0.25) is 14.9 Å². The maximum absolute atomic E-state index is 13.3. The molecule has 5 rings (SSSR count). The van der Waals surface area contributed by atoms with Crippen molar-refractivity contribution in [3.8, 4) is 11.5 Å². The average molecular weight is 567 g/mol. The Hall–Kier alpha value is -4.88. The molecule has 8 heteroatoms. The number of benzene rings is 4. The van der Waals surface area contributed by atoms with E-state index in [1.807, 2.05) is 18.2 Å². The van der Waals surface area contributed by atoms with Crippen molar-refractivity contribution in [2.75, 3.05) is 4.90 Å². The Balaban J connectivity index is 1.25. The minimum absolute atomic E-state index is 0.156. The number of aryl methyl sites for hydroxylation is 2. The van der Waals surface area contributed by atoms with Gasteiger partial charge in [0, 0.05) is 5.02 Å². The van der Waals surface area contributed by atoms with Crippen LogP contribution in [-0.2, 0) is 22.8 Å².